The molecule has 0 aromatic heterocycles. The lowest BCUT2D eigenvalue weighted by atomic mass is 10.2. The minimum Gasteiger partial charge on any atom is -0.317 e. The lowest BCUT2D eigenvalue weighted by Gasteiger charge is -2.05. The van der Waals surface area contributed by atoms with E-state index in [-0.39, 0.29) is 0 Å². The molecule has 0 fully saturated rings. The van der Waals surface area contributed by atoms with Crippen molar-refractivity contribution in [3.63, 3.8) is 0 Å². The van der Waals surface area contributed by atoms with E-state index in [2.05, 4.69) is 19.2 Å². The first-order chi connectivity index (χ1) is 4.72. The van der Waals surface area contributed by atoms with Gasteiger partial charge in [-0.3, -0.25) is 0 Å². The van der Waals surface area contributed by atoms with Crippen molar-refractivity contribution in [2.24, 2.45) is 0 Å². The molecule has 1 unspecified atom stereocenters. The molecule has 0 heterocycles. The highest BCUT2D eigenvalue weighted by molar-refractivity contribution is 4.52. The molecule has 3 heteroatoms. The first kappa shape index (κ1) is 12.5. The molecule has 10 heavy (non-hydrogen) atoms. The van der Waals surface area contributed by atoms with Crippen LogP contribution in [0.25, 0.3) is 0 Å². The van der Waals surface area contributed by atoms with Gasteiger partial charge < -0.3 is 5.32 Å². The van der Waals surface area contributed by atoms with Crippen LogP contribution in [0.3, 0.4) is 0 Å². The van der Waals surface area contributed by atoms with Crippen LogP contribution in [0.4, 0.5) is 8.78 Å². The van der Waals surface area contributed by atoms with E-state index in [1.807, 2.05) is 7.05 Å². The van der Waals surface area contributed by atoms with Gasteiger partial charge in [0.2, 0.25) is 6.93 Å². The topological polar surface area (TPSA) is 12.0 Å². The smallest absolute Gasteiger partial charge is 0.229 e. The molecule has 0 aliphatic carbocycles. The second-order valence-electron chi connectivity index (χ2n) is 2.08. The summed E-state index contributed by atoms with van der Waals surface area (Å²) in [7, 11) is 2.00. The lowest BCUT2D eigenvalue weighted by Crippen LogP contribution is -2.20. The fourth-order valence-corrected chi connectivity index (χ4v) is 0.577. The lowest BCUT2D eigenvalue weighted by molar-refractivity contribution is 0.295. The fraction of sp³-hybridized carbons (Fsp3) is 1.00. The van der Waals surface area contributed by atoms with Gasteiger partial charge in [0.15, 0.2) is 0 Å². The summed E-state index contributed by atoms with van der Waals surface area (Å²) >= 11 is 0. The maximum absolute atomic E-state index is 9.62. The van der Waals surface area contributed by atoms with Gasteiger partial charge in [0, 0.05) is 6.04 Å². The highest BCUT2D eigenvalue weighted by Crippen LogP contribution is 1.91. The zero-order valence-electron chi connectivity index (χ0n) is 6.95. The molecule has 0 bridgehead atoms. The van der Waals surface area contributed by atoms with E-state index in [1.54, 1.807) is 0 Å². The van der Waals surface area contributed by atoms with Crippen LogP contribution in [0.15, 0.2) is 0 Å². The first-order valence-corrected chi connectivity index (χ1v) is 3.52. The molecule has 0 radical (unpaired) electrons. The van der Waals surface area contributed by atoms with Gasteiger partial charge in [0.05, 0.1) is 0 Å². The van der Waals surface area contributed by atoms with E-state index in [0.29, 0.717) is 6.04 Å². The molecule has 1 nitrogen and oxygen atoms in total. The maximum Gasteiger partial charge on any atom is 0.229 e. The van der Waals surface area contributed by atoms with Gasteiger partial charge in [0.1, 0.15) is 0 Å². The standard InChI is InChI=1S/C6H15N.CH2F2/c1-4-5-6(2)7-3;2-1-3/h6-7H,4-5H2,1-3H3;1H2. The molecule has 0 aliphatic heterocycles. The molecule has 0 spiro atoms. The quantitative estimate of drug-likeness (QED) is 0.656. The van der Waals surface area contributed by atoms with Gasteiger partial charge in [-0.25, -0.2) is 8.78 Å². The van der Waals surface area contributed by atoms with Crippen LogP contribution in [0.2, 0.25) is 0 Å². The summed E-state index contributed by atoms with van der Waals surface area (Å²) in [6.45, 7) is 2.65. The minimum absolute atomic E-state index is 0.699. The van der Waals surface area contributed by atoms with Gasteiger partial charge in [0.25, 0.3) is 0 Å². The molecule has 0 amide bonds. The highest BCUT2D eigenvalue weighted by Gasteiger charge is 1.91. The van der Waals surface area contributed by atoms with Crippen molar-refractivity contribution in [3.8, 4) is 0 Å². The Labute approximate surface area is 61.8 Å². The normalized spacial score (nSPS) is 11.7. The predicted molar refractivity (Wildman–Crippen MR) is 40.5 cm³/mol. The third kappa shape index (κ3) is 15.7. The summed E-state index contributed by atoms with van der Waals surface area (Å²) in [5, 5.41) is 3.17. The SMILES string of the molecule is CCCC(C)NC.FCF. The molecular formula is C7H17F2N. The Morgan fingerprint density at radius 3 is 1.90 bits per heavy atom. The van der Waals surface area contributed by atoms with E-state index < -0.39 is 6.93 Å². The molecule has 0 rings (SSSR count). The molecule has 0 aromatic carbocycles. The second kappa shape index (κ2) is 11.6. The van der Waals surface area contributed by atoms with Gasteiger partial charge in [-0.2, -0.15) is 0 Å². The Kier molecular flexibility index (Phi) is 14.5. The van der Waals surface area contributed by atoms with Crippen LogP contribution < -0.4 is 5.32 Å². The van der Waals surface area contributed by atoms with Gasteiger partial charge in [-0.15, -0.1) is 0 Å². The van der Waals surface area contributed by atoms with Crippen LogP contribution in [0.5, 0.6) is 0 Å². The zero-order chi connectivity index (χ0) is 8.41. The summed E-state index contributed by atoms with van der Waals surface area (Å²) in [5.41, 5.74) is 0. The number of hydrogen-bond acceptors (Lipinski definition) is 1. The maximum atomic E-state index is 9.62. The first-order valence-electron chi connectivity index (χ1n) is 3.52. The van der Waals surface area contributed by atoms with Crippen LogP contribution in [0.1, 0.15) is 26.7 Å². The largest absolute Gasteiger partial charge is 0.317 e. The average Bonchev–Trinajstić information content (AvgIpc) is 1.90. The van der Waals surface area contributed by atoms with Crippen molar-refractivity contribution >= 4 is 0 Å². The predicted octanol–water partition coefficient (Wildman–Crippen LogP) is 2.28. The highest BCUT2D eigenvalue weighted by atomic mass is 19.3. The number of halogens is 2. The number of nitrogens with one attached hydrogen (secondary N) is 1. The third-order valence-corrected chi connectivity index (χ3v) is 1.21. The van der Waals surface area contributed by atoms with E-state index in [9.17, 15) is 8.78 Å². The minimum atomic E-state index is -1.75. The summed E-state index contributed by atoms with van der Waals surface area (Å²) < 4.78 is 19.2. The van der Waals surface area contributed by atoms with Crippen LogP contribution in [-0.4, -0.2) is 20.0 Å². The van der Waals surface area contributed by atoms with Gasteiger partial charge >= 0.3 is 0 Å². The van der Waals surface area contributed by atoms with Crippen molar-refractivity contribution in [1.82, 2.24) is 5.32 Å². The van der Waals surface area contributed by atoms with E-state index in [0.717, 1.165) is 0 Å². The molecule has 0 aromatic rings. The van der Waals surface area contributed by atoms with Crippen LogP contribution >= 0.6 is 0 Å². The van der Waals surface area contributed by atoms with E-state index in [1.165, 1.54) is 12.8 Å². The van der Waals surface area contributed by atoms with Crippen molar-refractivity contribution in [2.45, 2.75) is 32.7 Å². The Morgan fingerprint density at radius 2 is 1.80 bits per heavy atom. The molecule has 1 atom stereocenters. The summed E-state index contributed by atoms with van der Waals surface area (Å²) in [6, 6.07) is 0.699. The molecule has 1 N–H and O–H groups in total. The Bertz CT molecular complexity index is 50.9. The fourth-order valence-electron chi connectivity index (χ4n) is 0.577. The third-order valence-electron chi connectivity index (χ3n) is 1.21. The molecule has 0 saturated carbocycles. The van der Waals surface area contributed by atoms with Crippen molar-refractivity contribution in [2.75, 3.05) is 14.0 Å². The number of hydrogen-bond donors (Lipinski definition) is 1. The monoisotopic (exact) mass is 153 g/mol. The van der Waals surface area contributed by atoms with Crippen molar-refractivity contribution in [1.29, 1.82) is 0 Å². The van der Waals surface area contributed by atoms with Crippen molar-refractivity contribution in [3.05, 3.63) is 0 Å². The van der Waals surface area contributed by atoms with E-state index >= 15 is 0 Å². The summed E-state index contributed by atoms with van der Waals surface area (Å²) in [6.07, 6.45) is 2.57. The zero-order valence-corrected chi connectivity index (χ0v) is 6.95. The average molecular weight is 153 g/mol. The van der Waals surface area contributed by atoms with Gasteiger partial charge in [-0.05, 0) is 20.4 Å². The van der Waals surface area contributed by atoms with Crippen LogP contribution in [-0.2, 0) is 0 Å². The summed E-state index contributed by atoms with van der Waals surface area (Å²) in [4.78, 5) is 0. The number of alkyl halides is 2. The molecule has 64 valence electrons. The Morgan fingerprint density at radius 1 is 1.40 bits per heavy atom. The number of rotatable bonds is 3. The Balaban J connectivity index is 0. The second-order valence-corrected chi connectivity index (χ2v) is 2.08. The van der Waals surface area contributed by atoms with E-state index in [4.69, 9.17) is 0 Å². The molecular weight excluding hydrogens is 136 g/mol. The van der Waals surface area contributed by atoms with Gasteiger partial charge in [-0.1, -0.05) is 13.3 Å². The molecule has 0 saturated heterocycles. The molecule has 0 aliphatic rings. The van der Waals surface area contributed by atoms with Crippen LogP contribution in [0, 0.1) is 0 Å². The Hall–Kier alpha value is -0.180. The van der Waals surface area contributed by atoms with Crippen molar-refractivity contribution < 1.29 is 8.78 Å². The summed E-state index contributed by atoms with van der Waals surface area (Å²) in [5.74, 6) is 0.